The summed E-state index contributed by atoms with van der Waals surface area (Å²) in [4.78, 5) is 8.84. The highest BCUT2D eigenvalue weighted by Crippen LogP contribution is 2.29. The van der Waals surface area contributed by atoms with Crippen molar-refractivity contribution in [1.29, 1.82) is 0 Å². The Bertz CT molecular complexity index is 866. The zero-order valence-electron chi connectivity index (χ0n) is 10.1. The highest BCUT2D eigenvalue weighted by molar-refractivity contribution is 6.02. The maximum absolute atomic E-state index is 5.82. The van der Waals surface area contributed by atoms with Crippen LogP contribution in [0, 0.1) is 0 Å². The van der Waals surface area contributed by atoms with E-state index in [2.05, 4.69) is 9.97 Å². The Kier molecular flexibility index (Phi) is 2.12. The van der Waals surface area contributed by atoms with Gasteiger partial charge in [-0.1, -0.05) is 18.2 Å². The lowest BCUT2D eigenvalue weighted by Gasteiger charge is -1.98. The molecule has 1 aromatic carbocycles. The summed E-state index contributed by atoms with van der Waals surface area (Å²) in [6, 6.07) is 15.8. The molecule has 0 N–H and O–H groups in total. The average molecular weight is 246 g/mol. The summed E-state index contributed by atoms with van der Waals surface area (Å²) in [6.07, 6.45) is 3.62. The molecule has 0 radical (unpaired) electrons. The Hall–Kier alpha value is -2.68. The average Bonchev–Trinajstić information content (AvgIpc) is 2.86. The zero-order chi connectivity index (χ0) is 12.7. The van der Waals surface area contributed by atoms with Crippen molar-refractivity contribution in [3.63, 3.8) is 0 Å². The number of hydrogen-bond donors (Lipinski definition) is 0. The minimum atomic E-state index is 0.796. The van der Waals surface area contributed by atoms with Gasteiger partial charge in [0.05, 0.1) is 5.69 Å². The predicted octanol–water partition coefficient (Wildman–Crippen LogP) is 4.04. The summed E-state index contributed by atoms with van der Waals surface area (Å²) in [5, 5.41) is 1.05. The summed E-state index contributed by atoms with van der Waals surface area (Å²) in [6.45, 7) is 0. The molecule has 0 fully saturated rings. The quantitative estimate of drug-likeness (QED) is 0.508. The highest BCUT2D eigenvalue weighted by atomic mass is 16.3. The van der Waals surface area contributed by atoms with Crippen LogP contribution in [0.1, 0.15) is 0 Å². The predicted molar refractivity (Wildman–Crippen MR) is 74.7 cm³/mol. The molecule has 4 rings (SSSR count). The number of benzene rings is 1. The van der Waals surface area contributed by atoms with Crippen LogP contribution in [0.4, 0.5) is 0 Å². The van der Waals surface area contributed by atoms with E-state index in [1.165, 1.54) is 0 Å². The smallest absolute Gasteiger partial charge is 0.154 e. The van der Waals surface area contributed by atoms with Crippen LogP contribution in [0.15, 0.2) is 65.3 Å². The molecule has 0 saturated heterocycles. The Morgan fingerprint density at radius 1 is 0.842 bits per heavy atom. The maximum Gasteiger partial charge on any atom is 0.154 e. The molecule has 0 bridgehead atoms. The van der Waals surface area contributed by atoms with E-state index in [0.717, 1.165) is 33.3 Å². The topological polar surface area (TPSA) is 38.9 Å². The van der Waals surface area contributed by atoms with Gasteiger partial charge in [-0.15, -0.1) is 0 Å². The van der Waals surface area contributed by atoms with Crippen molar-refractivity contribution in [2.24, 2.45) is 0 Å². The minimum Gasteiger partial charge on any atom is -0.454 e. The second-order valence-corrected chi connectivity index (χ2v) is 4.38. The van der Waals surface area contributed by atoms with Gasteiger partial charge in [-0.3, -0.25) is 9.97 Å². The number of furan rings is 1. The Morgan fingerprint density at radius 3 is 2.63 bits per heavy atom. The van der Waals surface area contributed by atoms with Gasteiger partial charge in [0.2, 0.25) is 0 Å². The lowest BCUT2D eigenvalue weighted by atomic mass is 10.1. The lowest BCUT2D eigenvalue weighted by molar-refractivity contribution is 0.668. The number of fused-ring (bicyclic) bond motifs is 3. The van der Waals surface area contributed by atoms with Crippen LogP contribution < -0.4 is 0 Å². The maximum atomic E-state index is 5.82. The van der Waals surface area contributed by atoms with Crippen molar-refractivity contribution < 1.29 is 4.42 Å². The van der Waals surface area contributed by atoms with Crippen LogP contribution in [-0.2, 0) is 0 Å². The summed E-state index contributed by atoms with van der Waals surface area (Å²) >= 11 is 0. The molecular formula is C16H10N2O. The van der Waals surface area contributed by atoms with Crippen LogP contribution in [-0.4, -0.2) is 9.97 Å². The standard InChI is InChI=1S/C16H10N2O/c1-2-7-14-12(5-1)16-15(19-14)9-11(10-18-16)13-6-3-4-8-17-13/h1-10H. The van der Waals surface area contributed by atoms with Gasteiger partial charge < -0.3 is 4.42 Å². The molecule has 0 atom stereocenters. The van der Waals surface area contributed by atoms with Gasteiger partial charge in [0.15, 0.2) is 5.58 Å². The lowest BCUT2D eigenvalue weighted by Crippen LogP contribution is -1.83. The third-order valence-electron chi connectivity index (χ3n) is 3.18. The van der Waals surface area contributed by atoms with Crippen molar-refractivity contribution in [3.05, 3.63) is 60.9 Å². The first kappa shape index (κ1) is 10.3. The monoisotopic (exact) mass is 246 g/mol. The van der Waals surface area contributed by atoms with Crippen molar-refractivity contribution in [1.82, 2.24) is 9.97 Å². The first-order chi connectivity index (χ1) is 9.42. The van der Waals surface area contributed by atoms with Gasteiger partial charge in [-0.05, 0) is 30.3 Å². The SMILES string of the molecule is c1ccc(-c2cnc3c(c2)oc2ccccc23)nc1. The van der Waals surface area contributed by atoms with E-state index >= 15 is 0 Å². The fourth-order valence-corrected chi connectivity index (χ4v) is 2.27. The van der Waals surface area contributed by atoms with Crippen LogP contribution in [0.25, 0.3) is 33.3 Å². The second-order valence-electron chi connectivity index (χ2n) is 4.38. The molecule has 0 spiro atoms. The first-order valence-electron chi connectivity index (χ1n) is 6.10. The zero-order valence-corrected chi connectivity index (χ0v) is 10.1. The van der Waals surface area contributed by atoms with Crippen LogP contribution in [0.3, 0.4) is 0 Å². The van der Waals surface area contributed by atoms with Crippen LogP contribution in [0.5, 0.6) is 0 Å². The van der Waals surface area contributed by atoms with E-state index < -0.39 is 0 Å². The number of para-hydroxylation sites is 1. The molecule has 3 aromatic heterocycles. The minimum absolute atomic E-state index is 0.796. The van der Waals surface area contributed by atoms with Gasteiger partial charge in [0.1, 0.15) is 11.1 Å². The molecular weight excluding hydrogens is 236 g/mol. The Morgan fingerprint density at radius 2 is 1.74 bits per heavy atom. The van der Waals surface area contributed by atoms with Gasteiger partial charge in [0, 0.05) is 23.3 Å². The number of rotatable bonds is 1. The largest absolute Gasteiger partial charge is 0.454 e. The summed E-state index contributed by atoms with van der Waals surface area (Å²) in [5.41, 5.74) is 4.42. The third-order valence-corrected chi connectivity index (χ3v) is 3.18. The van der Waals surface area contributed by atoms with E-state index in [0.29, 0.717) is 0 Å². The fraction of sp³-hybridized carbons (Fsp3) is 0. The number of pyridine rings is 2. The van der Waals surface area contributed by atoms with Gasteiger partial charge in [-0.2, -0.15) is 0 Å². The Balaban J connectivity index is 1.99. The molecule has 0 amide bonds. The normalized spacial score (nSPS) is 11.2. The molecule has 0 unspecified atom stereocenters. The van der Waals surface area contributed by atoms with E-state index in [-0.39, 0.29) is 0 Å². The number of nitrogens with zero attached hydrogens (tertiary/aromatic N) is 2. The van der Waals surface area contributed by atoms with E-state index in [1.807, 2.05) is 54.7 Å². The summed E-state index contributed by atoms with van der Waals surface area (Å²) in [5.74, 6) is 0. The third kappa shape index (κ3) is 1.59. The molecule has 0 aliphatic carbocycles. The molecule has 19 heavy (non-hydrogen) atoms. The molecule has 0 aliphatic heterocycles. The molecule has 90 valence electrons. The van der Waals surface area contributed by atoms with E-state index in [1.54, 1.807) is 6.20 Å². The van der Waals surface area contributed by atoms with Crippen LogP contribution >= 0.6 is 0 Å². The fourth-order valence-electron chi connectivity index (χ4n) is 2.27. The molecule has 0 aliphatic rings. The van der Waals surface area contributed by atoms with Crippen LogP contribution in [0.2, 0.25) is 0 Å². The molecule has 3 heterocycles. The highest BCUT2D eigenvalue weighted by Gasteiger charge is 2.09. The number of hydrogen-bond acceptors (Lipinski definition) is 3. The van der Waals surface area contributed by atoms with Crippen molar-refractivity contribution in [3.8, 4) is 11.3 Å². The van der Waals surface area contributed by atoms with Gasteiger partial charge >= 0.3 is 0 Å². The second kappa shape index (κ2) is 3.92. The molecule has 3 nitrogen and oxygen atoms in total. The van der Waals surface area contributed by atoms with Crippen molar-refractivity contribution >= 4 is 22.1 Å². The van der Waals surface area contributed by atoms with E-state index in [4.69, 9.17) is 4.42 Å². The van der Waals surface area contributed by atoms with Gasteiger partial charge in [-0.25, -0.2) is 0 Å². The summed E-state index contributed by atoms with van der Waals surface area (Å²) in [7, 11) is 0. The van der Waals surface area contributed by atoms with Crippen molar-refractivity contribution in [2.45, 2.75) is 0 Å². The number of aromatic nitrogens is 2. The first-order valence-corrected chi connectivity index (χ1v) is 6.10. The summed E-state index contributed by atoms with van der Waals surface area (Å²) < 4.78 is 5.82. The van der Waals surface area contributed by atoms with Crippen molar-refractivity contribution in [2.75, 3.05) is 0 Å². The molecule has 0 saturated carbocycles. The Labute approximate surface area is 109 Å². The molecule has 3 heteroatoms. The van der Waals surface area contributed by atoms with E-state index in [9.17, 15) is 0 Å². The molecule has 4 aromatic rings. The van der Waals surface area contributed by atoms with Gasteiger partial charge in [0.25, 0.3) is 0 Å².